The van der Waals surface area contributed by atoms with Gasteiger partial charge in [0.15, 0.2) is 9.84 Å². The van der Waals surface area contributed by atoms with E-state index in [0.717, 1.165) is 17.1 Å². The van der Waals surface area contributed by atoms with E-state index in [1.54, 1.807) is 0 Å². The number of furan rings is 1. The molecule has 0 atom stereocenters. The van der Waals surface area contributed by atoms with E-state index < -0.39 is 9.84 Å². The summed E-state index contributed by atoms with van der Waals surface area (Å²) >= 11 is 0. The third-order valence-electron chi connectivity index (χ3n) is 2.35. The first kappa shape index (κ1) is 9.73. The molecule has 5 heteroatoms. The van der Waals surface area contributed by atoms with E-state index in [9.17, 15) is 8.42 Å². The van der Waals surface area contributed by atoms with Crippen LogP contribution in [0, 0.1) is 0 Å². The number of hydrogen-bond donors (Lipinski definition) is 1. The van der Waals surface area contributed by atoms with Gasteiger partial charge in [0.1, 0.15) is 11.5 Å². The van der Waals surface area contributed by atoms with Gasteiger partial charge in [-0.1, -0.05) is 0 Å². The lowest BCUT2D eigenvalue weighted by Gasteiger charge is -2.09. The summed E-state index contributed by atoms with van der Waals surface area (Å²) in [6, 6.07) is 1.82. The highest BCUT2D eigenvalue weighted by Crippen LogP contribution is 2.24. The second-order valence-corrected chi connectivity index (χ2v) is 5.73. The normalized spacial score (nSPS) is 19.2. The van der Waals surface area contributed by atoms with Crippen LogP contribution in [0.25, 0.3) is 0 Å². The second kappa shape index (κ2) is 3.40. The fraction of sp³-hybridized carbons (Fsp3) is 0.556. The maximum Gasteiger partial charge on any atom is 0.155 e. The fourth-order valence-electron chi connectivity index (χ4n) is 1.68. The Labute approximate surface area is 83.0 Å². The zero-order chi connectivity index (χ0) is 10.2. The lowest BCUT2D eigenvalue weighted by Crippen LogP contribution is -2.17. The number of hydrogen-bond acceptors (Lipinski definition) is 4. The molecule has 0 radical (unpaired) electrons. The number of nitrogens with two attached hydrogens (primary N) is 1. The van der Waals surface area contributed by atoms with Gasteiger partial charge in [-0.15, -0.1) is 0 Å². The number of fused-ring (bicyclic) bond motifs is 1. The first-order valence-electron chi connectivity index (χ1n) is 4.62. The summed E-state index contributed by atoms with van der Waals surface area (Å²) in [6.45, 7) is 0.527. The van der Waals surface area contributed by atoms with Crippen molar-refractivity contribution in [3.05, 3.63) is 23.2 Å². The van der Waals surface area contributed by atoms with E-state index in [4.69, 9.17) is 10.2 Å². The quantitative estimate of drug-likeness (QED) is 0.767. The van der Waals surface area contributed by atoms with Crippen molar-refractivity contribution in [3.8, 4) is 0 Å². The van der Waals surface area contributed by atoms with Crippen LogP contribution in [0.3, 0.4) is 0 Å². The molecule has 1 aromatic heterocycles. The summed E-state index contributed by atoms with van der Waals surface area (Å²) < 4.78 is 28.1. The maximum absolute atomic E-state index is 11.3. The lowest BCUT2D eigenvalue weighted by molar-refractivity contribution is 0.464. The summed E-state index contributed by atoms with van der Waals surface area (Å²) in [5.74, 6) is 1.95. The van der Waals surface area contributed by atoms with Crippen molar-refractivity contribution in [2.45, 2.75) is 18.6 Å². The van der Waals surface area contributed by atoms with Crippen molar-refractivity contribution in [2.24, 2.45) is 5.73 Å². The van der Waals surface area contributed by atoms with Gasteiger partial charge < -0.3 is 10.2 Å². The number of sulfone groups is 1. The Hall–Kier alpha value is -0.810. The van der Waals surface area contributed by atoms with E-state index in [1.807, 2.05) is 6.07 Å². The summed E-state index contributed by atoms with van der Waals surface area (Å²) in [4.78, 5) is 0. The minimum Gasteiger partial charge on any atom is -0.466 e. The van der Waals surface area contributed by atoms with Gasteiger partial charge in [-0.3, -0.25) is 0 Å². The van der Waals surface area contributed by atoms with Gasteiger partial charge in [0.05, 0.1) is 11.5 Å². The van der Waals surface area contributed by atoms with E-state index in [-0.39, 0.29) is 11.5 Å². The second-order valence-electron chi connectivity index (χ2n) is 3.54. The number of aryl methyl sites for hydroxylation is 1. The van der Waals surface area contributed by atoms with Crippen LogP contribution < -0.4 is 5.73 Å². The molecule has 1 aliphatic heterocycles. The lowest BCUT2D eigenvalue weighted by atomic mass is 10.2. The van der Waals surface area contributed by atoms with Crippen molar-refractivity contribution in [2.75, 3.05) is 12.3 Å². The highest BCUT2D eigenvalue weighted by molar-refractivity contribution is 7.90. The van der Waals surface area contributed by atoms with Crippen molar-refractivity contribution in [3.63, 3.8) is 0 Å². The van der Waals surface area contributed by atoms with E-state index in [2.05, 4.69) is 0 Å². The Kier molecular flexibility index (Phi) is 2.36. The predicted molar refractivity (Wildman–Crippen MR) is 52.7 cm³/mol. The molecule has 2 rings (SSSR count). The Morgan fingerprint density at radius 3 is 3.00 bits per heavy atom. The molecule has 0 aromatic carbocycles. The molecule has 0 spiro atoms. The first-order chi connectivity index (χ1) is 6.61. The SMILES string of the molecule is NCCc1cc2c(o1)CCS(=O)(=O)C2. The van der Waals surface area contributed by atoms with Crippen LogP contribution >= 0.6 is 0 Å². The molecule has 1 aliphatic rings. The summed E-state index contributed by atoms with van der Waals surface area (Å²) in [6.07, 6.45) is 1.18. The molecule has 0 amide bonds. The zero-order valence-corrected chi connectivity index (χ0v) is 8.64. The average Bonchev–Trinajstić information content (AvgIpc) is 2.45. The molecule has 4 nitrogen and oxygen atoms in total. The van der Waals surface area contributed by atoms with Crippen LogP contribution in [-0.4, -0.2) is 20.7 Å². The molecule has 0 bridgehead atoms. The molecule has 0 fully saturated rings. The first-order valence-corrected chi connectivity index (χ1v) is 6.44. The minimum absolute atomic E-state index is 0.121. The highest BCUT2D eigenvalue weighted by Gasteiger charge is 2.24. The molecular weight excluding hydrogens is 202 g/mol. The van der Waals surface area contributed by atoms with Gasteiger partial charge in [-0.2, -0.15) is 0 Å². The van der Waals surface area contributed by atoms with Crippen LogP contribution in [0.1, 0.15) is 17.1 Å². The summed E-state index contributed by atoms with van der Waals surface area (Å²) in [5, 5.41) is 0. The molecule has 0 saturated carbocycles. The number of rotatable bonds is 2. The zero-order valence-electron chi connectivity index (χ0n) is 7.82. The molecule has 78 valence electrons. The fourth-order valence-corrected chi connectivity index (χ4v) is 3.04. The van der Waals surface area contributed by atoms with E-state index in [1.165, 1.54) is 0 Å². The summed E-state index contributed by atoms with van der Waals surface area (Å²) in [7, 11) is -2.89. The standard InChI is InChI=1S/C9H13NO3S/c10-3-1-8-5-7-6-14(11,12)4-2-9(7)13-8/h5H,1-4,6,10H2. The minimum atomic E-state index is -2.89. The molecular formula is C9H13NO3S. The molecule has 0 saturated heterocycles. The van der Waals surface area contributed by atoms with Crippen LogP contribution in [0.15, 0.2) is 10.5 Å². The molecule has 14 heavy (non-hydrogen) atoms. The average molecular weight is 215 g/mol. The smallest absolute Gasteiger partial charge is 0.155 e. The molecule has 0 aliphatic carbocycles. The van der Waals surface area contributed by atoms with Crippen LogP contribution in [0.5, 0.6) is 0 Å². The van der Waals surface area contributed by atoms with Gasteiger partial charge in [0, 0.05) is 18.4 Å². The van der Waals surface area contributed by atoms with E-state index >= 15 is 0 Å². The predicted octanol–water partition coefficient (Wildman–Crippen LogP) is 0.252. The van der Waals surface area contributed by atoms with Crippen LogP contribution in [0.2, 0.25) is 0 Å². The third kappa shape index (κ3) is 1.83. The van der Waals surface area contributed by atoms with E-state index in [0.29, 0.717) is 19.4 Å². The van der Waals surface area contributed by atoms with Crippen molar-refractivity contribution >= 4 is 9.84 Å². The maximum atomic E-state index is 11.3. The topological polar surface area (TPSA) is 73.3 Å². The Bertz CT molecular complexity index is 433. The molecule has 1 aromatic rings. The Morgan fingerprint density at radius 2 is 2.29 bits per heavy atom. The molecule has 2 N–H and O–H groups in total. The van der Waals surface area contributed by atoms with Gasteiger partial charge >= 0.3 is 0 Å². The van der Waals surface area contributed by atoms with Gasteiger partial charge in [-0.25, -0.2) is 8.42 Å². The third-order valence-corrected chi connectivity index (χ3v) is 3.93. The van der Waals surface area contributed by atoms with Crippen molar-refractivity contribution in [1.82, 2.24) is 0 Å². The molecule has 0 unspecified atom stereocenters. The van der Waals surface area contributed by atoms with Gasteiger partial charge in [0.2, 0.25) is 0 Å². The van der Waals surface area contributed by atoms with Crippen molar-refractivity contribution in [1.29, 1.82) is 0 Å². The molecule has 2 heterocycles. The van der Waals surface area contributed by atoms with Crippen LogP contribution in [0.4, 0.5) is 0 Å². The van der Waals surface area contributed by atoms with Crippen molar-refractivity contribution < 1.29 is 12.8 Å². The van der Waals surface area contributed by atoms with Gasteiger partial charge in [0.25, 0.3) is 0 Å². The Morgan fingerprint density at radius 1 is 1.50 bits per heavy atom. The monoisotopic (exact) mass is 215 g/mol. The van der Waals surface area contributed by atoms with Gasteiger partial charge in [-0.05, 0) is 12.6 Å². The Balaban J connectivity index is 2.30. The van der Waals surface area contributed by atoms with Crippen LogP contribution in [-0.2, 0) is 28.4 Å². The largest absolute Gasteiger partial charge is 0.466 e. The summed E-state index contributed by atoms with van der Waals surface area (Å²) in [5.41, 5.74) is 6.21. The highest BCUT2D eigenvalue weighted by atomic mass is 32.2.